The maximum absolute atomic E-state index is 11.4. The lowest BCUT2D eigenvalue weighted by Gasteiger charge is -2.47. The van der Waals surface area contributed by atoms with Gasteiger partial charge in [-0.15, -0.1) is 0 Å². The minimum Gasteiger partial charge on any atom is -1.00 e. The largest absolute Gasteiger partial charge is 1.00 e. The molecule has 9 heteroatoms. The van der Waals surface area contributed by atoms with Crippen LogP contribution in [0.2, 0.25) is 0 Å². The van der Waals surface area contributed by atoms with E-state index in [2.05, 4.69) is 0 Å². The number of quaternary nitrogens is 1. The zero-order valence-corrected chi connectivity index (χ0v) is 13.5. The summed E-state index contributed by atoms with van der Waals surface area (Å²) in [6.07, 6.45) is 1.50. The minimum atomic E-state index is -1.51. The van der Waals surface area contributed by atoms with Crippen LogP contribution in [0.4, 0.5) is 0 Å². The highest BCUT2D eigenvalue weighted by molar-refractivity contribution is 6.30. The number of halogens is 2. The van der Waals surface area contributed by atoms with Gasteiger partial charge in [-0.05, 0) is 0 Å². The summed E-state index contributed by atoms with van der Waals surface area (Å²) in [5, 5.41) is 22.9. The van der Waals surface area contributed by atoms with Crippen LogP contribution in [0.1, 0.15) is 12.8 Å². The van der Waals surface area contributed by atoms with Gasteiger partial charge in [0.15, 0.2) is 13.1 Å². The summed E-state index contributed by atoms with van der Waals surface area (Å²) >= 11 is 6.01. The molecule has 0 aromatic carbocycles. The van der Waals surface area contributed by atoms with Crippen LogP contribution < -0.4 is 24.0 Å². The molecule has 1 aliphatic heterocycles. The molecule has 2 unspecified atom stereocenters. The van der Waals surface area contributed by atoms with Crippen LogP contribution in [-0.2, 0) is 0 Å². The van der Waals surface area contributed by atoms with Crippen molar-refractivity contribution in [3.63, 3.8) is 0 Å². The Bertz CT molecular complexity index is 470. The Morgan fingerprint density at radius 2 is 1.84 bits per heavy atom. The normalized spacial score (nSPS) is 35.8. The van der Waals surface area contributed by atoms with Crippen molar-refractivity contribution in [1.29, 1.82) is 0 Å². The molecule has 7 nitrogen and oxygen atoms in total. The van der Waals surface area contributed by atoms with Gasteiger partial charge in [-0.25, -0.2) is 0 Å². The standard InChI is InChI=1S/C10H15ClN3O4.HI/c1-14(2)6-9(12(15)16)4-3-8(11)10(5-9,7-14)13(17)18;/h3H,4-7H2,1-2H3;1H/q+1;/p-1. The molecular weight excluding hydrogens is 388 g/mol. The number of likely N-dealkylation sites (N-methyl/N-ethyl adjacent to an activating group) is 1. The fraction of sp³-hybridized carbons (Fsp3) is 0.800. The van der Waals surface area contributed by atoms with Crippen molar-refractivity contribution in [3.05, 3.63) is 31.3 Å². The molecule has 0 N–H and O–H groups in total. The maximum Gasteiger partial charge on any atom is 0.311 e. The van der Waals surface area contributed by atoms with Crippen LogP contribution in [0.15, 0.2) is 11.1 Å². The van der Waals surface area contributed by atoms with Crippen LogP contribution in [-0.4, -0.2) is 52.6 Å². The Balaban J connectivity index is 0.00000180. The highest BCUT2D eigenvalue weighted by atomic mass is 127. The lowest BCUT2D eigenvalue weighted by Crippen LogP contribution is -3.00. The Kier molecular flexibility index (Phi) is 4.20. The summed E-state index contributed by atoms with van der Waals surface area (Å²) < 4.78 is 0.228. The molecule has 0 aromatic rings. The molecule has 2 atom stereocenters. The molecule has 0 radical (unpaired) electrons. The van der Waals surface area contributed by atoms with Gasteiger partial charge >= 0.3 is 5.54 Å². The molecule has 19 heavy (non-hydrogen) atoms. The molecule has 1 fully saturated rings. The third-order valence-electron chi connectivity index (χ3n) is 3.88. The molecule has 108 valence electrons. The molecule has 2 rings (SSSR count). The van der Waals surface area contributed by atoms with Gasteiger partial charge in [0.05, 0.1) is 19.1 Å². The lowest BCUT2D eigenvalue weighted by molar-refractivity contribution is -0.933. The number of fused-ring (bicyclic) bond motifs is 2. The fourth-order valence-corrected chi connectivity index (χ4v) is 3.66. The first-order valence-electron chi connectivity index (χ1n) is 5.61. The minimum absolute atomic E-state index is 0. The van der Waals surface area contributed by atoms with Gasteiger partial charge in [0, 0.05) is 16.3 Å². The Morgan fingerprint density at radius 3 is 2.32 bits per heavy atom. The second-order valence-corrected chi connectivity index (χ2v) is 6.36. The topological polar surface area (TPSA) is 86.3 Å². The molecular formula is C10H15ClIN3O4. The summed E-state index contributed by atoms with van der Waals surface area (Å²) in [4.78, 5) is 21.9. The Hall–Kier alpha value is -0.480. The molecule has 0 spiro atoms. The van der Waals surface area contributed by atoms with E-state index < -0.39 is 16.0 Å². The van der Waals surface area contributed by atoms with Crippen LogP contribution in [0.3, 0.4) is 0 Å². The van der Waals surface area contributed by atoms with Crippen molar-refractivity contribution < 1.29 is 38.3 Å². The van der Waals surface area contributed by atoms with Crippen molar-refractivity contribution in [2.45, 2.75) is 23.9 Å². The average Bonchev–Trinajstić information content (AvgIpc) is 2.21. The first-order chi connectivity index (χ1) is 8.14. The van der Waals surface area contributed by atoms with E-state index in [0.29, 0.717) is 0 Å². The summed E-state index contributed by atoms with van der Waals surface area (Å²) in [7, 11) is 3.54. The van der Waals surface area contributed by atoms with E-state index in [9.17, 15) is 20.2 Å². The predicted octanol–water partition coefficient (Wildman–Crippen LogP) is -1.97. The molecule has 2 aliphatic rings. The third kappa shape index (κ3) is 2.45. The van der Waals surface area contributed by atoms with E-state index in [-0.39, 0.29) is 64.3 Å². The van der Waals surface area contributed by atoms with Crippen molar-refractivity contribution >= 4 is 11.6 Å². The predicted molar refractivity (Wildman–Crippen MR) is 64.5 cm³/mol. The van der Waals surface area contributed by atoms with E-state index in [1.54, 1.807) is 14.1 Å². The summed E-state index contributed by atoms with van der Waals surface area (Å²) in [6, 6.07) is 0. The highest BCUT2D eigenvalue weighted by Gasteiger charge is 2.69. The van der Waals surface area contributed by atoms with Gasteiger partial charge in [-0.3, -0.25) is 20.2 Å². The molecule has 1 heterocycles. The SMILES string of the molecule is C[N+]1(C)CC2([N+](=O)[O-])CC=C(Cl)C([N+](=O)[O-])(C2)C1.[I-]. The fourth-order valence-electron chi connectivity index (χ4n) is 3.39. The number of piperidine rings is 1. The Labute approximate surface area is 132 Å². The van der Waals surface area contributed by atoms with E-state index in [1.807, 2.05) is 0 Å². The molecule has 0 amide bonds. The molecule has 1 aliphatic carbocycles. The second kappa shape index (κ2) is 4.81. The van der Waals surface area contributed by atoms with E-state index in [0.717, 1.165) is 0 Å². The monoisotopic (exact) mass is 403 g/mol. The number of rotatable bonds is 2. The Morgan fingerprint density at radius 1 is 1.26 bits per heavy atom. The van der Waals surface area contributed by atoms with Crippen molar-refractivity contribution in [3.8, 4) is 0 Å². The quantitative estimate of drug-likeness (QED) is 0.232. The summed E-state index contributed by atoms with van der Waals surface area (Å²) in [5.41, 5.74) is -2.78. The zero-order chi connectivity index (χ0) is 13.8. The maximum atomic E-state index is 11.4. The van der Waals surface area contributed by atoms with Crippen molar-refractivity contribution in [2.75, 3.05) is 27.2 Å². The van der Waals surface area contributed by atoms with Crippen LogP contribution in [0, 0.1) is 20.2 Å². The van der Waals surface area contributed by atoms with E-state index >= 15 is 0 Å². The average molecular weight is 404 g/mol. The van der Waals surface area contributed by atoms with Gasteiger partial charge in [0.1, 0.15) is 6.42 Å². The summed E-state index contributed by atoms with van der Waals surface area (Å²) in [5.74, 6) is 0. The number of likely N-dealkylation sites (tertiary alicyclic amines) is 1. The number of hydrogen-bond acceptors (Lipinski definition) is 4. The van der Waals surface area contributed by atoms with E-state index in [4.69, 9.17) is 11.6 Å². The first-order valence-corrected chi connectivity index (χ1v) is 5.99. The van der Waals surface area contributed by atoms with Gasteiger partial charge in [0.2, 0.25) is 0 Å². The van der Waals surface area contributed by atoms with Gasteiger partial charge in [-0.1, -0.05) is 17.7 Å². The zero-order valence-electron chi connectivity index (χ0n) is 10.6. The van der Waals surface area contributed by atoms with E-state index in [1.165, 1.54) is 6.08 Å². The van der Waals surface area contributed by atoms with Crippen LogP contribution in [0.5, 0.6) is 0 Å². The smallest absolute Gasteiger partial charge is 0.311 e. The van der Waals surface area contributed by atoms with Crippen LogP contribution >= 0.6 is 11.6 Å². The van der Waals surface area contributed by atoms with Gasteiger partial charge in [0.25, 0.3) is 5.54 Å². The summed E-state index contributed by atoms with van der Waals surface area (Å²) in [6.45, 7) is 0.473. The van der Waals surface area contributed by atoms with Gasteiger partial charge < -0.3 is 28.5 Å². The number of hydrogen-bond donors (Lipinski definition) is 0. The number of nitro groups is 2. The molecule has 1 saturated heterocycles. The van der Waals surface area contributed by atoms with Crippen molar-refractivity contribution in [1.82, 2.24) is 0 Å². The first kappa shape index (κ1) is 16.6. The molecule has 0 saturated carbocycles. The van der Waals surface area contributed by atoms with Crippen molar-refractivity contribution in [2.24, 2.45) is 0 Å². The molecule has 0 aromatic heterocycles. The molecule has 2 bridgehead atoms. The third-order valence-corrected chi connectivity index (χ3v) is 4.38. The lowest BCUT2D eigenvalue weighted by atomic mass is 9.71. The van der Waals surface area contributed by atoms with Gasteiger partial charge in [-0.2, -0.15) is 0 Å². The second-order valence-electron chi connectivity index (χ2n) is 5.96. The highest BCUT2D eigenvalue weighted by Crippen LogP contribution is 2.46. The number of nitrogens with zero attached hydrogens (tertiary/aromatic N) is 3. The van der Waals surface area contributed by atoms with Crippen LogP contribution in [0.25, 0.3) is 0 Å².